The summed E-state index contributed by atoms with van der Waals surface area (Å²) in [5.74, 6) is 0.242. The monoisotopic (exact) mass is 348 g/mol. The van der Waals surface area contributed by atoms with E-state index in [0.29, 0.717) is 11.0 Å². The third-order valence-electron chi connectivity index (χ3n) is 3.36. The van der Waals surface area contributed by atoms with Crippen LogP contribution in [0.25, 0.3) is 11.0 Å². The van der Waals surface area contributed by atoms with E-state index in [1.807, 2.05) is 6.92 Å². The molecule has 4 N–H and O–H groups in total. The first-order valence-electron chi connectivity index (χ1n) is 7.19. The van der Waals surface area contributed by atoms with Gasteiger partial charge in [-0.2, -0.15) is 10.1 Å². The molecular formula is C14H16N6O3S. The van der Waals surface area contributed by atoms with Crippen LogP contribution in [0.15, 0.2) is 40.2 Å². The third-order valence-corrected chi connectivity index (χ3v) is 4.84. The van der Waals surface area contributed by atoms with Gasteiger partial charge in [-0.1, -0.05) is 17.7 Å². The van der Waals surface area contributed by atoms with Crippen molar-refractivity contribution in [3.8, 4) is 0 Å². The van der Waals surface area contributed by atoms with E-state index in [2.05, 4.69) is 30.2 Å². The highest BCUT2D eigenvalue weighted by Gasteiger charge is 2.12. The number of aromatic nitrogens is 4. The Morgan fingerprint density at radius 3 is 2.67 bits per heavy atom. The van der Waals surface area contributed by atoms with Crippen molar-refractivity contribution < 1.29 is 8.42 Å². The summed E-state index contributed by atoms with van der Waals surface area (Å²) in [5, 5.41) is 9.57. The molecule has 0 aliphatic carbocycles. The molecule has 9 nitrogen and oxygen atoms in total. The molecule has 10 heteroatoms. The minimum Gasteiger partial charge on any atom is -0.354 e. The number of aryl methyl sites for hydroxylation is 1. The SMILES string of the molecule is Cc1ccc(S(=O)(=O)NCCNc2nc3[nH]ncc3c(=O)[nH]2)cc1. The summed E-state index contributed by atoms with van der Waals surface area (Å²) in [4.78, 5) is 18.7. The van der Waals surface area contributed by atoms with Gasteiger partial charge in [0.2, 0.25) is 16.0 Å². The molecule has 1 aromatic carbocycles. The number of sulfonamides is 1. The molecule has 0 saturated heterocycles. The zero-order valence-corrected chi connectivity index (χ0v) is 13.6. The van der Waals surface area contributed by atoms with Gasteiger partial charge < -0.3 is 5.32 Å². The van der Waals surface area contributed by atoms with Crippen molar-refractivity contribution >= 4 is 27.0 Å². The molecule has 0 saturated carbocycles. The molecular weight excluding hydrogens is 332 g/mol. The van der Waals surface area contributed by atoms with E-state index >= 15 is 0 Å². The zero-order valence-electron chi connectivity index (χ0n) is 12.8. The molecule has 0 atom stereocenters. The van der Waals surface area contributed by atoms with Crippen LogP contribution in [0.5, 0.6) is 0 Å². The van der Waals surface area contributed by atoms with E-state index in [9.17, 15) is 13.2 Å². The Balaban J connectivity index is 1.59. The Kier molecular flexibility index (Phi) is 4.32. The fourth-order valence-corrected chi connectivity index (χ4v) is 3.13. The van der Waals surface area contributed by atoms with Gasteiger partial charge in [-0.15, -0.1) is 0 Å². The fourth-order valence-electron chi connectivity index (χ4n) is 2.10. The summed E-state index contributed by atoms with van der Waals surface area (Å²) in [6.07, 6.45) is 1.39. The second kappa shape index (κ2) is 6.42. The lowest BCUT2D eigenvalue weighted by molar-refractivity contribution is 0.583. The van der Waals surface area contributed by atoms with E-state index in [1.165, 1.54) is 6.20 Å². The fraction of sp³-hybridized carbons (Fsp3) is 0.214. The van der Waals surface area contributed by atoms with Gasteiger partial charge in [0.15, 0.2) is 5.65 Å². The minimum atomic E-state index is -3.56. The maximum atomic E-state index is 12.1. The Hall–Kier alpha value is -2.72. The Morgan fingerprint density at radius 2 is 1.92 bits per heavy atom. The molecule has 3 aromatic rings. The molecule has 0 amide bonds. The Bertz CT molecular complexity index is 1010. The summed E-state index contributed by atoms with van der Waals surface area (Å²) in [5.41, 5.74) is 1.03. The number of rotatable bonds is 6. The number of benzene rings is 1. The van der Waals surface area contributed by atoms with Crippen LogP contribution in [-0.2, 0) is 10.0 Å². The molecule has 2 aromatic heterocycles. The highest BCUT2D eigenvalue weighted by atomic mass is 32.2. The average molecular weight is 348 g/mol. The van der Waals surface area contributed by atoms with Crippen LogP contribution in [0.2, 0.25) is 0 Å². The van der Waals surface area contributed by atoms with E-state index in [4.69, 9.17) is 0 Å². The summed E-state index contributed by atoms with van der Waals surface area (Å²) >= 11 is 0. The number of H-pyrrole nitrogens is 2. The van der Waals surface area contributed by atoms with Crippen molar-refractivity contribution in [2.45, 2.75) is 11.8 Å². The summed E-state index contributed by atoms with van der Waals surface area (Å²) in [6, 6.07) is 6.58. The van der Waals surface area contributed by atoms with Gasteiger partial charge in [-0.3, -0.25) is 14.9 Å². The van der Waals surface area contributed by atoms with E-state index in [1.54, 1.807) is 24.3 Å². The van der Waals surface area contributed by atoms with Gasteiger partial charge in [0.1, 0.15) is 5.39 Å². The topological polar surface area (TPSA) is 133 Å². The smallest absolute Gasteiger partial charge is 0.263 e. The minimum absolute atomic E-state index is 0.140. The maximum Gasteiger partial charge on any atom is 0.263 e. The molecule has 24 heavy (non-hydrogen) atoms. The van der Waals surface area contributed by atoms with Crippen molar-refractivity contribution in [1.82, 2.24) is 24.9 Å². The summed E-state index contributed by atoms with van der Waals surface area (Å²) in [6.45, 7) is 2.28. The highest BCUT2D eigenvalue weighted by Crippen LogP contribution is 2.09. The lowest BCUT2D eigenvalue weighted by Crippen LogP contribution is -2.29. The number of anilines is 1. The lowest BCUT2D eigenvalue weighted by atomic mass is 10.2. The Morgan fingerprint density at radius 1 is 1.17 bits per heavy atom. The second-order valence-corrected chi connectivity index (χ2v) is 6.95. The zero-order chi connectivity index (χ0) is 17.2. The van der Waals surface area contributed by atoms with Crippen LogP contribution in [0.3, 0.4) is 0 Å². The number of fused-ring (bicyclic) bond motifs is 1. The van der Waals surface area contributed by atoms with Crippen molar-refractivity contribution in [2.75, 3.05) is 18.4 Å². The first-order valence-corrected chi connectivity index (χ1v) is 8.68. The summed E-state index contributed by atoms with van der Waals surface area (Å²) < 4.78 is 26.7. The van der Waals surface area contributed by atoms with Gasteiger partial charge >= 0.3 is 0 Å². The first-order chi connectivity index (χ1) is 11.5. The normalized spacial score (nSPS) is 11.7. The van der Waals surface area contributed by atoms with Crippen molar-refractivity contribution in [3.63, 3.8) is 0 Å². The molecule has 0 spiro atoms. The molecule has 0 aliphatic heterocycles. The molecule has 2 heterocycles. The maximum absolute atomic E-state index is 12.1. The highest BCUT2D eigenvalue weighted by molar-refractivity contribution is 7.89. The quantitative estimate of drug-likeness (QED) is 0.475. The number of aromatic amines is 2. The molecule has 126 valence electrons. The van der Waals surface area contributed by atoms with Gasteiger partial charge in [0.25, 0.3) is 5.56 Å². The van der Waals surface area contributed by atoms with Crippen LogP contribution in [-0.4, -0.2) is 41.7 Å². The van der Waals surface area contributed by atoms with Crippen LogP contribution < -0.4 is 15.6 Å². The van der Waals surface area contributed by atoms with Crippen molar-refractivity contribution in [2.24, 2.45) is 0 Å². The van der Waals surface area contributed by atoms with Gasteiger partial charge in [-0.25, -0.2) is 13.1 Å². The lowest BCUT2D eigenvalue weighted by Gasteiger charge is -2.08. The largest absolute Gasteiger partial charge is 0.354 e. The second-order valence-electron chi connectivity index (χ2n) is 5.18. The molecule has 0 unspecified atom stereocenters. The number of hydrogen-bond donors (Lipinski definition) is 4. The van der Waals surface area contributed by atoms with Gasteiger partial charge in [-0.05, 0) is 19.1 Å². The first kappa shape index (κ1) is 16.1. The van der Waals surface area contributed by atoms with Crippen LogP contribution in [0, 0.1) is 6.92 Å². The third kappa shape index (κ3) is 3.44. The standard InChI is InChI=1S/C14H16N6O3S/c1-9-2-4-10(5-3-9)24(22,23)17-7-6-15-14-18-12-11(8-16-20-12)13(21)19-14/h2-5,8,17H,6-7H2,1H3,(H3,15,16,18,19,20,21). The average Bonchev–Trinajstić information content (AvgIpc) is 3.01. The molecule has 3 rings (SSSR count). The van der Waals surface area contributed by atoms with Crippen LogP contribution in [0.1, 0.15) is 5.56 Å². The molecule has 0 radical (unpaired) electrons. The van der Waals surface area contributed by atoms with Crippen LogP contribution >= 0.6 is 0 Å². The molecule has 0 bridgehead atoms. The van der Waals surface area contributed by atoms with E-state index in [0.717, 1.165) is 5.56 Å². The molecule has 0 fully saturated rings. The van der Waals surface area contributed by atoms with Crippen molar-refractivity contribution in [3.05, 3.63) is 46.4 Å². The van der Waals surface area contributed by atoms with Gasteiger partial charge in [0, 0.05) is 13.1 Å². The predicted octanol–water partition coefficient (Wildman–Crippen LogP) is 0.345. The van der Waals surface area contributed by atoms with Crippen LogP contribution in [0.4, 0.5) is 5.95 Å². The van der Waals surface area contributed by atoms with Gasteiger partial charge in [0.05, 0.1) is 11.1 Å². The van der Waals surface area contributed by atoms with E-state index in [-0.39, 0.29) is 29.5 Å². The van der Waals surface area contributed by atoms with Crippen molar-refractivity contribution in [1.29, 1.82) is 0 Å². The number of nitrogens with zero attached hydrogens (tertiary/aromatic N) is 2. The molecule has 0 aliphatic rings. The predicted molar refractivity (Wildman–Crippen MR) is 89.4 cm³/mol. The van der Waals surface area contributed by atoms with E-state index < -0.39 is 10.0 Å². The summed E-state index contributed by atoms with van der Waals surface area (Å²) in [7, 11) is -3.56. The Labute approximate surface area is 137 Å². The number of nitrogens with one attached hydrogen (secondary N) is 4. The number of hydrogen-bond acceptors (Lipinski definition) is 6.